The van der Waals surface area contributed by atoms with Crippen LogP contribution in [0, 0.1) is 10.6 Å². The van der Waals surface area contributed by atoms with Gasteiger partial charge in [0.25, 0.3) is 0 Å². The fraction of sp³-hybridized carbons (Fsp3) is 0.154. The highest BCUT2D eigenvalue weighted by molar-refractivity contribution is 7.71. The second-order valence-corrected chi connectivity index (χ2v) is 5.14. The number of fused-ring (bicyclic) bond motifs is 1. The number of benzene rings is 1. The fourth-order valence-corrected chi connectivity index (χ4v) is 2.52. The van der Waals surface area contributed by atoms with Crippen LogP contribution in [0.1, 0.15) is 5.56 Å². The molecule has 0 saturated heterocycles. The Hall–Kier alpha value is -1.99. The number of nitrogens with zero attached hydrogens (tertiary/aromatic N) is 3. The van der Waals surface area contributed by atoms with Crippen molar-refractivity contribution in [2.75, 3.05) is 7.11 Å². The molecule has 0 aliphatic heterocycles. The van der Waals surface area contributed by atoms with Crippen molar-refractivity contribution in [1.29, 1.82) is 0 Å². The smallest absolute Gasteiger partial charge is 0.242 e. The molecule has 0 saturated carbocycles. The normalized spacial score (nSPS) is 11.0. The zero-order chi connectivity index (χ0) is 15.0. The average molecular weight is 325 g/mol. The number of hydrogen-bond acceptors (Lipinski definition) is 4. The molecule has 0 radical (unpaired) electrons. The van der Waals surface area contributed by atoms with E-state index in [1.54, 1.807) is 16.7 Å². The van der Waals surface area contributed by atoms with Crippen molar-refractivity contribution in [3.05, 3.63) is 45.7 Å². The Morgan fingerprint density at radius 2 is 2.24 bits per heavy atom. The third kappa shape index (κ3) is 2.50. The summed E-state index contributed by atoms with van der Waals surface area (Å²) in [5, 5.41) is 0.0751. The maximum atomic E-state index is 13.2. The van der Waals surface area contributed by atoms with Gasteiger partial charge in [0.15, 0.2) is 10.4 Å². The molecule has 0 aliphatic rings. The first kappa shape index (κ1) is 14.0. The summed E-state index contributed by atoms with van der Waals surface area (Å²) in [5.41, 5.74) is 2.06. The van der Waals surface area contributed by atoms with Crippen molar-refractivity contribution < 1.29 is 9.13 Å². The first-order valence-electron chi connectivity index (χ1n) is 6.01. The summed E-state index contributed by atoms with van der Waals surface area (Å²) >= 11 is 11.1. The molecule has 2 heterocycles. The Balaban J connectivity index is 2.10. The van der Waals surface area contributed by atoms with Crippen LogP contribution in [-0.4, -0.2) is 26.6 Å². The van der Waals surface area contributed by atoms with Gasteiger partial charge < -0.3 is 9.72 Å². The van der Waals surface area contributed by atoms with Gasteiger partial charge in [-0.25, -0.2) is 9.37 Å². The highest BCUT2D eigenvalue weighted by Gasteiger charge is 2.12. The number of aromatic amines is 1. The number of ether oxygens (including phenoxy) is 1. The summed E-state index contributed by atoms with van der Waals surface area (Å²) in [7, 11) is 1.52. The number of nitrogens with one attached hydrogen (secondary N) is 1. The number of H-pyrrole nitrogens is 1. The number of imidazole rings is 1. The third-order valence-corrected chi connectivity index (χ3v) is 3.66. The molecule has 21 heavy (non-hydrogen) atoms. The molecule has 2 aromatic heterocycles. The van der Waals surface area contributed by atoms with Crippen LogP contribution in [0.5, 0.6) is 5.88 Å². The van der Waals surface area contributed by atoms with Crippen LogP contribution in [0.3, 0.4) is 0 Å². The minimum Gasteiger partial charge on any atom is -0.479 e. The first-order chi connectivity index (χ1) is 10.1. The molecule has 5 nitrogen and oxygen atoms in total. The lowest BCUT2D eigenvalue weighted by atomic mass is 10.2. The zero-order valence-electron chi connectivity index (χ0n) is 10.9. The number of methoxy groups -OCH3 is 1. The van der Waals surface area contributed by atoms with Gasteiger partial charge in [0, 0.05) is 0 Å². The van der Waals surface area contributed by atoms with E-state index >= 15 is 0 Å². The maximum absolute atomic E-state index is 13.2. The average Bonchev–Trinajstić information content (AvgIpc) is 2.79. The van der Waals surface area contributed by atoms with Crippen molar-refractivity contribution in [3.63, 3.8) is 0 Å². The Morgan fingerprint density at radius 1 is 1.43 bits per heavy atom. The molecule has 3 aromatic rings. The highest BCUT2D eigenvalue weighted by Crippen LogP contribution is 2.22. The van der Waals surface area contributed by atoms with E-state index in [1.807, 2.05) is 0 Å². The zero-order valence-corrected chi connectivity index (χ0v) is 12.5. The molecule has 1 aromatic carbocycles. The summed E-state index contributed by atoms with van der Waals surface area (Å²) in [6.45, 7) is 0.416. The third-order valence-electron chi connectivity index (χ3n) is 3.04. The van der Waals surface area contributed by atoms with Gasteiger partial charge in [-0.15, -0.1) is 0 Å². The Bertz CT molecular complexity index is 876. The van der Waals surface area contributed by atoms with Crippen LogP contribution in [-0.2, 0) is 6.54 Å². The Morgan fingerprint density at radius 3 is 2.95 bits per heavy atom. The standard InChI is InChI=1S/C13H10ClFN4OS/c1-20-12-10-11(16-6-17-12)19(13(21)18-10)5-7-2-3-9(15)8(14)4-7/h2-4,6H,5H2,1H3,(H,18,21). The van der Waals surface area contributed by atoms with Crippen LogP contribution in [0.4, 0.5) is 4.39 Å². The van der Waals surface area contributed by atoms with Crippen molar-refractivity contribution >= 4 is 35.0 Å². The van der Waals surface area contributed by atoms with E-state index in [1.165, 1.54) is 19.5 Å². The molecular weight excluding hydrogens is 315 g/mol. The van der Waals surface area contributed by atoms with Crippen LogP contribution >= 0.6 is 23.8 Å². The van der Waals surface area contributed by atoms with Gasteiger partial charge in [0.2, 0.25) is 5.88 Å². The molecule has 0 amide bonds. The van der Waals surface area contributed by atoms with E-state index < -0.39 is 5.82 Å². The molecule has 0 spiro atoms. The Kier molecular flexibility index (Phi) is 3.60. The van der Waals surface area contributed by atoms with Gasteiger partial charge in [0.05, 0.1) is 18.7 Å². The quantitative estimate of drug-likeness (QED) is 0.751. The molecule has 0 aliphatic carbocycles. The maximum Gasteiger partial charge on any atom is 0.242 e. The van der Waals surface area contributed by atoms with Crippen LogP contribution in [0.2, 0.25) is 5.02 Å². The van der Waals surface area contributed by atoms with Crippen molar-refractivity contribution in [3.8, 4) is 5.88 Å². The summed E-state index contributed by atoms with van der Waals surface area (Å²) in [5.74, 6) is -0.0334. The summed E-state index contributed by atoms with van der Waals surface area (Å²) in [6.07, 6.45) is 1.40. The molecule has 1 N–H and O–H groups in total. The monoisotopic (exact) mass is 324 g/mol. The van der Waals surface area contributed by atoms with E-state index in [9.17, 15) is 4.39 Å². The largest absolute Gasteiger partial charge is 0.479 e. The first-order valence-corrected chi connectivity index (χ1v) is 6.80. The van der Waals surface area contributed by atoms with E-state index in [-0.39, 0.29) is 5.02 Å². The lowest BCUT2D eigenvalue weighted by molar-refractivity contribution is 0.401. The lowest BCUT2D eigenvalue weighted by Crippen LogP contribution is -2.01. The fourth-order valence-electron chi connectivity index (χ4n) is 2.07. The van der Waals surface area contributed by atoms with Gasteiger partial charge in [0.1, 0.15) is 17.7 Å². The van der Waals surface area contributed by atoms with Crippen molar-refractivity contribution in [2.24, 2.45) is 0 Å². The Labute approximate surface area is 129 Å². The van der Waals surface area contributed by atoms with Crippen LogP contribution in [0.25, 0.3) is 11.2 Å². The van der Waals surface area contributed by atoms with Crippen LogP contribution < -0.4 is 4.74 Å². The van der Waals surface area contributed by atoms with Gasteiger partial charge in [-0.3, -0.25) is 4.57 Å². The SMILES string of the molecule is COc1ncnc2c1[nH]c(=S)n2Cc1ccc(F)c(Cl)c1. The number of rotatable bonds is 3. The predicted molar refractivity (Wildman–Crippen MR) is 79.8 cm³/mol. The second-order valence-electron chi connectivity index (χ2n) is 4.35. The summed E-state index contributed by atoms with van der Waals surface area (Å²) in [4.78, 5) is 11.2. The van der Waals surface area contributed by atoms with E-state index in [0.29, 0.717) is 28.4 Å². The van der Waals surface area contributed by atoms with E-state index in [0.717, 1.165) is 5.56 Å². The number of halogens is 2. The summed E-state index contributed by atoms with van der Waals surface area (Å²) < 4.78 is 20.6. The van der Waals surface area contributed by atoms with Gasteiger partial charge in [-0.05, 0) is 29.9 Å². The lowest BCUT2D eigenvalue weighted by Gasteiger charge is -2.05. The number of hydrogen-bond donors (Lipinski definition) is 1. The summed E-state index contributed by atoms with van der Waals surface area (Å²) in [6, 6.07) is 4.54. The molecular formula is C13H10ClFN4OS. The molecule has 0 unspecified atom stereocenters. The van der Waals surface area contributed by atoms with Gasteiger partial charge in [-0.2, -0.15) is 4.98 Å². The van der Waals surface area contributed by atoms with Crippen LogP contribution in [0.15, 0.2) is 24.5 Å². The molecule has 0 bridgehead atoms. The van der Waals surface area contributed by atoms with Gasteiger partial charge in [-0.1, -0.05) is 17.7 Å². The molecule has 0 atom stereocenters. The highest BCUT2D eigenvalue weighted by atomic mass is 35.5. The topological polar surface area (TPSA) is 55.7 Å². The molecule has 8 heteroatoms. The predicted octanol–water partition coefficient (Wildman–Crippen LogP) is 3.34. The minimum absolute atomic E-state index is 0.0751. The second kappa shape index (κ2) is 5.42. The number of aromatic nitrogens is 4. The molecule has 108 valence electrons. The van der Waals surface area contributed by atoms with Crippen molar-refractivity contribution in [2.45, 2.75) is 6.54 Å². The van der Waals surface area contributed by atoms with Gasteiger partial charge >= 0.3 is 0 Å². The molecule has 0 fully saturated rings. The molecule has 3 rings (SSSR count). The van der Waals surface area contributed by atoms with E-state index in [2.05, 4.69) is 15.0 Å². The van der Waals surface area contributed by atoms with E-state index in [4.69, 9.17) is 28.6 Å². The van der Waals surface area contributed by atoms with Crippen molar-refractivity contribution in [1.82, 2.24) is 19.5 Å². The minimum atomic E-state index is -0.452.